The molecule has 2 rings (SSSR count). The summed E-state index contributed by atoms with van der Waals surface area (Å²) in [5, 5.41) is 2.16. The van der Waals surface area contributed by atoms with Crippen molar-refractivity contribution in [1.29, 1.82) is 0 Å². The third-order valence-electron chi connectivity index (χ3n) is 2.88. The quantitative estimate of drug-likeness (QED) is 0.420. The van der Waals surface area contributed by atoms with Crippen LogP contribution in [0.2, 0.25) is 0 Å². The van der Waals surface area contributed by atoms with E-state index in [9.17, 15) is 4.39 Å². The van der Waals surface area contributed by atoms with Crippen LogP contribution in [0.1, 0.15) is 35.1 Å². The monoisotopic (exact) mass is 315 g/mol. The van der Waals surface area contributed by atoms with Crippen LogP contribution in [-0.2, 0) is 6.42 Å². The summed E-state index contributed by atoms with van der Waals surface area (Å²) in [6.07, 6.45) is 3.48. The molecule has 0 unspecified atom stereocenters. The van der Waals surface area contributed by atoms with Gasteiger partial charge in [-0.25, -0.2) is 4.39 Å². The molecule has 0 N–H and O–H groups in total. The van der Waals surface area contributed by atoms with E-state index in [4.69, 9.17) is 0 Å². The Bertz CT molecular complexity index is 731. The van der Waals surface area contributed by atoms with Crippen LogP contribution in [0, 0.1) is 17.7 Å². The lowest BCUT2D eigenvalue weighted by Crippen LogP contribution is -1.79. The number of aryl methyl sites for hydroxylation is 1. The minimum atomic E-state index is -0.436. The van der Waals surface area contributed by atoms with Crippen molar-refractivity contribution >= 4 is 34.4 Å². The molecular weight excluding hydrogens is 301 g/mol. The molecule has 0 saturated heterocycles. The largest absolute Gasteiger partial charge is 0.205 e. The number of hydrogen-bond donors (Lipinski definition) is 0. The number of aliphatic imine (C=N–C) groups is 1. The lowest BCUT2D eigenvalue weighted by molar-refractivity contribution is 0.629. The molecule has 0 saturated carbocycles. The molecule has 2 aromatic rings. The number of thiophene rings is 1. The summed E-state index contributed by atoms with van der Waals surface area (Å²) in [7, 11) is 0. The van der Waals surface area contributed by atoms with E-state index in [0.717, 1.165) is 11.3 Å². The van der Waals surface area contributed by atoms with Gasteiger partial charge in [-0.2, -0.15) is 4.99 Å². The van der Waals surface area contributed by atoms with E-state index in [1.54, 1.807) is 23.5 Å². The third-order valence-corrected chi connectivity index (χ3v) is 4.03. The van der Waals surface area contributed by atoms with Crippen LogP contribution in [0.5, 0.6) is 0 Å². The van der Waals surface area contributed by atoms with E-state index in [1.165, 1.54) is 23.8 Å². The first-order valence-corrected chi connectivity index (χ1v) is 7.93. The molecule has 0 aliphatic carbocycles. The molecule has 1 heterocycles. The summed E-state index contributed by atoms with van der Waals surface area (Å²) in [6, 6.07) is 8.78. The van der Waals surface area contributed by atoms with E-state index >= 15 is 0 Å². The van der Waals surface area contributed by atoms with Crippen LogP contribution < -0.4 is 0 Å². The summed E-state index contributed by atoms with van der Waals surface area (Å²) in [4.78, 5) is 5.99. The van der Waals surface area contributed by atoms with Gasteiger partial charge in [-0.3, -0.25) is 0 Å². The summed E-state index contributed by atoms with van der Waals surface area (Å²) in [5.74, 6) is 5.61. The minimum Gasteiger partial charge on any atom is -0.205 e. The maximum Gasteiger partial charge on any atom is 0.150 e. The summed E-state index contributed by atoms with van der Waals surface area (Å²) in [6.45, 7) is 2.18. The lowest BCUT2D eigenvalue weighted by atomic mass is 10.2. The highest BCUT2D eigenvalue weighted by molar-refractivity contribution is 7.78. The molecule has 1 nitrogen and oxygen atoms in total. The van der Waals surface area contributed by atoms with Crippen molar-refractivity contribution in [1.82, 2.24) is 0 Å². The van der Waals surface area contributed by atoms with Gasteiger partial charge in [-0.1, -0.05) is 25.2 Å². The average molecular weight is 315 g/mol. The molecule has 0 aliphatic heterocycles. The zero-order valence-corrected chi connectivity index (χ0v) is 13.3. The maximum absolute atomic E-state index is 13.7. The Labute approximate surface area is 133 Å². The van der Waals surface area contributed by atoms with Gasteiger partial charge in [0.05, 0.1) is 10.0 Å². The Morgan fingerprint density at radius 3 is 2.81 bits per heavy atom. The Balaban J connectivity index is 2.13. The number of unbranched alkanes of at least 4 members (excludes halogenated alkanes) is 1. The zero-order valence-electron chi connectivity index (χ0n) is 11.6. The smallest absolute Gasteiger partial charge is 0.150 e. The number of thiocarbonyl (C=S) groups is 1. The van der Waals surface area contributed by atoms with E-state index in [1.807, 2.05) is 6.07 Å². The molecule has 106 valence electrons. The second kappa shape index (κ2) is 7.85. The molecule has 0 radical (unpaired) electrons. The highest BCUT2D eigenvalue weighted by atomic mass is 32.1. The van der Waals surface area contributed by atoms with Gasteiger partial charge in [0.1, 0.15) is 5.69 Å². The number of halogens is 1. The molecule has 0 bridgehead atoms. The van der Waals surface area contributed by atoms with Crippen LogP contribution in [0.3, 0.4) is 0 Å². The van der Waals surface area contributed by atoms with Crippen LogP contribution >= 0.6 is 23.6 Å². The van der Waals surface area contributed by atoms with E-state index < -0.39 is 5.82 Å². The van der Waals surface area contributed by atoms with Gasteiger partial charge in [0.15, 0.2) is 5.82 Å². The molecule has 0 fully saturated rings. The minimum absolute atomic E-state index is 0.188. The molecule has 0 amide bonds. The van der Waals surface area contributed by atoms with Gasteiger partial charge in [0.25, 0.3) is 0 Å². The highest BCUT2D eigenvalue weighted by Gasteiger charge is 2.01. The summed E-state index contributed by atoms with van der Waals surface area (Å²) < 4.78 is 13.7. The zero-order chi connectivity index (χ0) is 15.1. The van der Waals surface area contributed by atoms with Gasteiger partial charge in [0.2, 0.25) is 0 Å². The van der Waals surface area contributed by atoms with Crippen molar-refractivity contribution in [3.05, 3.63) is 51.5 Å². The molecule has 0 aliphatic rings. The molecule has 4 heteroatoms. The van der Waals surface area contributed by atoms with Gasteiger partial charge < -0.3 is 0 Å². The topological polar surface area (TPSA) is 12.4 Å². The predicted octanol–water partition coefficient (Wildman–Crippen LogP) is 5.36. The van der Waals surface area contributed by atoms with Gasteiger partial charge in [-0.05, 0) is 55.4 Å². The number of rotatable bonds is 4. The van der Waals surface area contributed by atoms with Crippen molar-refractivity contribution in [2.45, 2.75) is 26.2 Å². The summed E-state index contributed by atoms with van der Waals surface area (Å²) in [5.41, 5.74) is 0.813. The van der Waals surface area contributed by atoms with Crippen LogP contribution in [0.4, 0.5) is 10.1 Å². The number of isothiocyanates is 1. The van der Waals surface area contributed by atoms with Gasteiger partial charge in [0, 0.05) is 10.4 Å². The molecule has 1 aromatic heterocycles. The second-order valence-corrected chi connectivity index (χ2v) is 5.84. The first kappa shape index (κ1) is 15.6. The molecule has 1 aromatic carbocycles. The normalized spacial score (nSPS) is 9.62. The van der Waals surface area contributed by atoms with Crippen molar-refractivity contribution < 1.29 is 4.39 Å². The van der Waals surface area contributed by atoms with Crippen LogP contribution in [-0.4, -0.2) is 5.16 Å². The fourth-order valence-corrected chi connectivity index (χ4v) is 2.79. The standard InChI is InChI=1S/C17H14FNS2/c1-2-3-4-14-8-9-15(21-14)7-5-13-6-10-17(19-12-20)16(18)11-13/h6,8-11H,2-4H2,1H3. The number of nitrogens with zero attached hydrogens (tertiary/aromatic N) is 1. The molecule has 0 spiro atoms. The maximum atomic E-state index is 13.7. The average Bonchev–Trinajstić information content (AvgIpc) is 2.93. The fourth-order valence-electron chi connectivity index (χ4n) is 1.79. The first-order valence-electron chi connectivity index (χ1n) is 6.71. The lowest BCUT2D eigenvalue weighted by Gasteiger charge is -1.95. The van der Waals surface area contributed by atoms with Gasteiger partial charge in [-0.15, -0.1) is 11.3 Å². The van der Waals surface area contributed by atoms with Gasteiger partial charge >= 0.3 is 0 Å². The van der Waals surface area contributed by atoms with Crippen molar-refractivity contribution in [2.24, 2.45) is 4.99 Å². The predicted molar refractivity (Wildman–Crippen MR) is 90.0 cm³/mol. The molecule has 0 atom stereocenters. The second-order valence-electron chi connectivity index (χ2n) is 4.49. The molecular formula is C17H14FNS2. The highest BCUT2D eigenvalue weighted by Crippen LogP contribution is 2.19. The van der Waals surface area contributed by atoms with Crippen LogP contribution in [0.25, 0.3) is 0 Å². The van der Waals surface area contributed by atoms with Crippen molar-refractivity contribution in [3.63, 3.8) is 0 Å². The first-order chi connectivity index (χ1) is 10.2. The van der Waals surface area contributed by atoms with Crippen molar-refractivity contribution in [3.8, 4) is 11.8 Å². The molecule has 21 heavy (non-hydrogen) atoms. The Hall–Kier alpha value is -1.79. The Kier molecular flexibility index (Phi) is 5.83. The fraction of sp³-hybridized carbons (Fsp3) is 0.235. The van der Waals surface area contributed by atoms with Crippen LogP contribution in [0.15, 0.2) is 35.3 Å². The third kappa shape index (κ3) is 4.61. The number of benzene rings is 1. The SMILES string of the molecule is CCCCc1ccc(C#Cc2ccc(N=C=S)c(F)c2)s1. The van der Waals surface area contributed by atoms with E-state index in [-0.39, 0.29) is 5.69 Å². The Morgan fingerprint density at radius 1 is 1.24 bits per heavy atom. The van der Waals surface area contributed by atoms with E-state index in [2.05, 4.69) is 47.2 Å². The summed E-state index contributed by atoms with van der Waals surface area (Å²) >= 11 is 6.16. The van der Waals surface area contributed by atoms with Crippen molar-refractivity contribution in [2.75, 3.05) is 0 Å². The van der Waals surface area contributed by atoms with E-state index in [0.29, 0.717) is 5.56 Å². The number of hydrogen-bond acceptors (Lipinski definition) is 3. The Morgan fingerprint density at radius 2 is 2.10 bits per heavy atom.